The maximum absolute atomic E-state index is 12.1. The monoisotopic (exact) mass is 405 g/mol. The number of benzene rings is 2. The molecule has 0 bridgehead atoms. The van der Waals surface area contributed by atoms with Crippen LogP contribution in [0.2, 0.25) is 0 Å². The Kier molecular flexibility index (Phi) is 7.52. The van der Waals surface area contributed by atoms with Crippen molar-refractivity contribution in [2.45, 2.75) is 25.7 Å². The molecule has 0 aromatic heterocycles. The molecule has 0 saturated carbocycles. The van der Waals surface area contributed by atoms with Gasteiger partial charge in [0.25, 0.3) is 0 Å². The Morgan fingerprint density at radius 2 is 1.96 bits per heavy atom. The second kappa shape index (κ2) is 9.85. The summed E-state index contributed by atoms with van der Waals surface area (Å²) in [5.41, 5.74) is 8.80. The molecule has 0 radical (unpaired) electrons. The number of carbonyl (C=O) groups excluding carboxylic acids is 2. The van der Waals surface area contributed by atoms with Gasteiger partial charge in [-0.25, -0.2) is 0 Å². The lowest BCUT2D eigenvalue weighted by Gasteiger charge is -2.17. The van der Waals surface area contributed by atoms with Crippen LogP contribution >= 0.6 is 12.4 Å². The molecule has 1 heterocycles. The first kappa shape index (κ1) is 21.4. The Morgan fingerprint density at radius 3 is 2.75 bits per heavy atom. The zero-order chi connectivity index (χ0) is 19.2. The Hall–Kier alpha value is -2.93. The largest absolute Gasteiger partial charge is 0.497 e. The van der Waals surface area contributed by atoms with Crippen molar-refractivity contribution >= 4 is 41.3 Å². The van der Waals surface area contributed by atoms with Crippen LogP contribution in [0.3, 0.4) is 0 Å². The fourth-order valence-corrected chi connectivity index (χ4v) is 2.86. The standard InChI is InChI=1S/C20H23N3O4.ClH/c1-26-14-5-7-16(21)18(12-14)23-19(24)3-2-10-27-15-6-8-17-13(11-15)4-9-20(25)22-17;/h5-8,11-12H,2-4,9-10,21H2,1H3,(H,22,25)(H,23,24);1H. The minimum atomic E-state index is -0.133. The highest BCUT2D eigenvalue weighted by molar-refractivity contribution is 5.94. The van der Waals surface area contributed by atoms with E-state index >= 15 is 0 Å². The minimum absolute atomic E-state index is 0. The van der Waals surface area contributed by atoms with Gasteiger partial charge in [0, 0.05) is 24.6 Å². The third-order valence-corrected chi connectivity index (χ3v) is 4.32. The minimum Gasteiger partial charge on any atom is -0.497 e. The van der Waals surface area contributed by atoms with Crippen LogP contribution in [0.15, 0.2) is 36.4 Å². The van der Waals surface area contributed by atoms with Crippen LogP contribution in [0.25, 0.3) is 0 Å². The molecule has 7 nitrogen and oxygen atoms in total. The molecule has 1 aliphatic rings. The van der Waals surface area contributed by atoms with Crippen molar-refractivity contribution in [3.05, 3.63) is 42.0 Å². The van der Waals surface area contributed by atoms with Crippen LogP contribution in [-0.4, -0.2) is 25.5 Å². The number of amides is 2. The third kappa shape index (κ3) is 5.53. The number of aryl methyl sites for hydroxylation is 1. The Morgan fingerprint density at radius 1 is 1.18 bits per heavy atom. The number of ether oxygens (including phenoxy) is 2. The number of rotatable bonds is 7. The van der Waals surface area contributed by atoms with Gasteiger partial charge in [-0.05, 0) is 48.7 Å². The fourth-order valence-electron chi connectivity index (χ4n) is 2.86. The number of methoxy groups -OCH3 is 1. The van der Waals surface area contributed by atoms with Crippen molar-refractivity contribution in [3.63, 3.8) is 0 Å². The summed E-state index contributed by atoms with van der Waals surface area (Å²) in [6.07, 6.45) is 2.09. The molecule has 1 aliphatic heterocycles. The lowest BCUT2D eigenvalue weighted by atomic mass is 10.0. The van der Waals surface area contributed by atoms with Crippen molar-refractivity contribution in [1.29, 1.82) is 0 Å². The molecule has 2 aromatic carbocycles. The maximum Gasteiger partial charge on any atom is 0.224 e. The van der Waals surface area contributed by atoms with Crippen molar-refractivity contribution in [3.8, 4) is 11.5 Å². The summed E-state index contributed by atoms with van der Waals surface area (Å²) in [5.74, 6) is 1.28. The Labute approximate surface area is 170 Å². The summed E-state index contributed by atoms with van der Waals surface area (Å²) in [6, 6.07) is 10.7. The lowest BCUT2D eigenvalue weighted by molar-refractivity contribution is -0.117. The number of hydrogen-bond acceptors (Lipinski definition) is 5. The summed E-state index contributed by atoms with van der Waals surface area (Å²) >= 11 is 0. The second-order valence-electron chi connectivity index (χ2n) is 6.32. The average molecular weight is 406 g/mol. The molecular formula is C20H24ClN3O4. The summed E-state index contributed by atoms with van der Waals surface area (Å²) in [4.78, 5) is 23.5. The first-order valence-electron chi connectivity index (χ1n) is 8.84. The predicted octanol–water partition coefficient (Wildman–Crippen LogP) is 3.38. The molecule has 150 valence electrons. The molecule has 2 amide bonds. The molecular weight excluding hydrogens is 382 g/mol. The molecule has 0 fully saturated rings. The summed E-state index contributed by atoms with van der Waals surface area (Å²) in [5, 5.41) is 5.63. The zero-order valence-corrected chi connectivity index (χ0v) is 16.4. The molecule has 0 spiro atoms. The number of carbonyl (C=O) groups is 2. The molecule has 0 atom stereocenters. The molecule has 0 saturated heterocycles. The molecule has 4 N–H and O–H groups in total. The third-order valence-electron chi connectivity index (χ3n) is 4.32. The SMILES string of the molecule is COc1ccc(N)c(NC(=O)CCCOc2ccc3c(c2)CCC(=O)N3)c1.Cl. The van der Waals surface area contributed by atoms with E-state index in [1.165, 1.54) is 0 Å². The van der Waals surface area contributed by atoms with E-state index in [2.05, 4.69) is 10.6 Å². The highest BCUT2D eigenvalue weighted by Crippen LogP contribution is 2.27. The number of hydrogen-bond donors (Lipinski definition) is 3. The molecule has 3 rings (SSSR count). The van der Waals surface area contributed by atoms with E-state index in [0.29, 0.717) is 49.4 Å². The van der Waals surface area contributed by atoms with Gasteiger partial charge in [-0.15, -0.1) is 12.4 Å². The van der Waals surface area contributed by atoms with Gasteiger partial charge in [-0.3, -0.25) is 9.59 Å². The van der Waals surface area contributed by atoms with E-state index < -0.39 is 0 Å². The van der Waals surface area contributed by atoms with Gasteiger partial charge in [0.15, 0.2) is 0 Å². The first-order valence-corrected chi connectivity index (χ1v) is 8.84. The van der Waals surface area contributed by atoms with Gasteiger partial charge in [0.2, 0.25) is 11.8 Å². The van der Waals surface area contributed by atoms with Crippen molar-refractivity contribution in [1.82, 2.24) is 0 Å². The number of nitrogens with one attached hydrogen (secondary N) is 2. The van der Waals surface area contributed by atoms with Crippen LogP contribution in [0.4, 0.5) is 17.1 Å². The Bertz CT molecular complexity index is 857. The summed E-state index contributed by atoms with van der Waals surface area (Å²) in [7, 11) is 1.56. The Balaban J connectivity index is 0.00000280. The van der Waals surface area contributed by atoms with E-state index in [0.717, 1.165) is 17.0 Å². The zero-order valence-electron chi connectivity index (χ0n) is 15.6. The maximum atomic E-state index is 12.1. The average Bonchev–Trinajstić information content (AvgIpc) is 2.67. The van der Waals surface area contributed by atoms with E-state index in [-0.39, 0.29) is 24.2 Å². The van der Waals surface area contributed by atoms with Gasteiger partial charge >= 0.3 is 0 Å². The van der Waals surface area contributed by atoms with Crippen LogP contribution in [0.5, 0.6) is 11.5 Å². The fraction of sp³-hybridized carbons (Fsp3) is 0.300. The molecule has 2 aromatic rings. The smallest absolute Gasteiger partial charge is 0.224 e. The van der Waals surface area contributed by atoms with Crippen LogP contribution in [0, 0.1) is 0 Å². The van der Waals surface area contributed by atoms with E-state index in [4.69, 9.17) is 15.2 Å². The van der Waals surface area contributed by atoms with E-state index in [1.807, 2.05) is 18.2 Å². The molecule has 28 heavy (non-hydrogen) atoms. The number of anilines is 3. The van der Waals surface area contributed by atoms with E-state index in [9.17, 15) is 9.59 Å². The number of fused-ring (bicyclic) bond motifs is 1. The number of nitrogens with two attached hydrogens (primary N) is 1. The van der Waals surface area contributed by atoms with Gasteiger partial charge in [0.1, 0.15) is 11.5 Å². The topological polar surface area (TPSA) is 103 Å². The van der Waals surface area contributed by atoms with Crippen molar-refractivity contribution in [2.75, 3.05) is 30.1 Å². The van der Waals surface area contributed by atoms with Gasteiger partial charge in [-0.2, -0.15) is 0 Å². The van der Waals surface area contributed by atoms with Crippen molar-refractivity contribution in [2.24, 2.45) is 0 Å². The van der Waals surface area contributed by atoms with Crippen LogP contribution < -0.4 is 25.8 Å². The molecule has 8 heteroatoms. The van der Waals surface area contributed by atoms with Gasteiger partial charge in [0.05, 0.1) is 25.1 Å². The van der Waals surface area contributed by atoms with Crippen molar-refractivity contribution < 1.29 is 19.1 Å². The highest BCUT2D eigenvalue weighted by Gasteiger charge is 2.15. The second-order valence-corrected chi connectivity index (χ2v) is 6.32. The summed E-state index contributed by atoms with van der Waals surface area (Å²) in [6.45, 7) is 0.423. The number of nitrogen functional groups attached to an aromatic ring is 1. The normalized spacial score (nSPS) is 12.2. The van der Waals surface area contributed by atoms with E-state index in [1.54, 1.807) is 25.3 Å². The lowest BCUT2D eigenvalue weighted by Crippen LogP contribution is -2.18. The first-order chi connectivity index (χ1) is 13.0. The quantitative estimate of drug-likeness (QED) is 0.484. The predicted molar refractivity (Wildman–Crippen MR) is 111 cm³/mol. The van der Waals surface area contributed by atoms with Gasteiger partial charge in [-0.1, -0.05) is 0 Å². The van der Waals surface area contributed by atoms with Crippen LogP contribution in [0.1, 0.15) is 24.8 Å². The number of halogens is 1. The molecule has 0 unspecified atom stereocenters. The summed E-state index contributed by atoms with van der Waals surface area (Å²) < 4.78 is 10.9. The van der Waals surface area contributed by atoms with Gasteiger partial charge < -0.3 is 25.8 Å². The highest BCUT2D eigenvalue weighted by atomic mass is 35.5. The molecule has 0 aliphatic carbocycles. The van der Waals surface area contributed by atoms with Crippen LogP contribution in [-0.2, 0) is 16.0 Å².